The summed E-state index contributed by atoms with van der Waals surface area (Å²) in [6, 6.07) is 0. The number of allylic oxidation sites excluding steroid dienone is 2. The van der Waals surface area contributed by atoms with Crippen LogP contribution in [0, 0.1) is 5.41 Å². The lowest BCUT2D eigenvalue weighted by molar-refractivity contribution is -0.149. The zero-order valence-corrected chi connectivity index (χ0v) is 10.9. The molecule has 0 radical (unpaired) electrons. The number of esters is 2. The van der Waals surface area contributed by atoms with Crippen LogP contribution in [0.1, 0.15) is 20.8 Å². The van der Waals surface area contributed by atoms with Crippen LogP contribution in [0.2, 0.25) is 0 Å². The Morgan fingerprint density at radius 3 is 2.44 bits per heavy atom. The first-order valence-electron chi connectivity index (χ1n) is 5.96. The molecule has 1 aliphatic rings. The van der Waals surface area contributed by atoms with Crippen molar-refractivity contribution in [3.63, 3.8) is 0 Å². The van der Waals surface area contributed by atoms with Crippen LogP contribution in [-0.4, -0.2) is 25.2 Å². The average molecular weight is 250 g/mol. The maximum absolute atomic E-state index is 11.8. The first-order chi connectivity index (χ1) is 8.53. The molecule has 0 aromatic carbocycles. The van der Waals surface area contributed by atoms with Gasteiger partial charge in [-0.25, -0.2) is 4.79 Å². The van der Waals surface area contributed by atoms with Crippen LogP contribution in [0.3, 0.4) is 0 Å². The highest BCUT2D eigenvalue weighted by Gasteiger charge is 2.30. The first-order valence-corrected chi connectivity index (χ1v) is 5.96. The summed E-state index contributed by atoms with van der Waals surface area (Å²) in [7, 11) is 0. The summed E-state index contributed by atoms with van der Waals surface area (Å²) in [5.74, 6) is -0.734. The molecule has 0 N–H and O–H groups in total. The fourth-order valence-electron chi connectivity index (χ4n) is 1.50. The van der Waals surface area contributed by atoms with Gasteiger partial charge in [0, 0.05) is 0 Å². The number of hydrogen-bond acceptors (Lipinski definition) is 4. The normalized spacial score (nSPS) is 22.1. The Morgan fingerprint density at radius 1 is 1.17 bits per heavy atom. The number of hydrogen-bond donors (Lipinski definition) is 0. The summed E-state index contributed by atoms with van der Waals surface area (Å²) in [6.45, 7) is 5.89. The summed E-state index contributed by atoms with van der Waals surface area (Å²) < 4.78 is 9.91. The number of ether oxygens (including phenoxy) is 2. The maximum atomic E-state index is 11.8. The van der Waals surface area contributed by atoms with Crippen molar-refractivity contribution < 1.29 is 19.1 Å². The molecule has 0 saturated carbocycles. The molecule has 0 saturated heterocycles. The molecule has 1 unspecified atom stereocenters. The molecule has 0 bridgehead atoms. The topological polar surface area (TPSA) is 52.6 Å². The number of carbonyl (C=O) groups is 2. The van der Waals surface area contributed by atoms with E-state index < -0.39 is 11.4 Å². The lowest BCUT2D eigenvalue weighted by atomic mass is 9.90. The Morgan fingerprint density at radius 2 is 1.83 bits per heavy atom. The van der Waals surface area contributed by atoms with Gasteiger partial charge in [-0.2, -0.15) is 0 Å². The van der Waals surface area contributed by atoms with Gasteiger partial charge >= 0.3 is 11.9 Å². The highest BCUT2D eigenvalue weighted by atomic mass is 16.5. The highest BCUT2D eigenvalue weighted by Crippen LogP contribution is 2.26. The van der Waals surface area contributed by atoms with Gasteiger partial charge in [0.1, 0.15) is 5.41 Å². The predicted octanol–water partition coefficient (Wildman–Crippen LogP) is 2.17. The van der Waals surface area contributed by atoms with Crippen LogP contribution in [0.25, 0.3) is 0 Å². The molecule has 0 aliphatic heterocycles. The summed E-state index contributed by atoms with van der Waals surface area (Å²) >= 11 is 0. The second-order valence-corrected chi connectivity index (χ2v) is 4.04. The van der Waals surface area contributed by atoms with Crippen LogP contribution in [-0.2, 0) is 19.1 Å². The lowest BCUT2D eigenvalue weighted by Crippen LogP contribution is -2.25. The van der Waals surface area contributed by atoms with Crippen molar-refractivity contribution in [2.45, 2.75) is 20.8 Å². The molecule has 18 heavy (non-hydrogen) atoms. The van der Waals surface area contributed by atoms with E-state index in [4.69, 9.17) is 9.47 Å². The van der Waals surface area contributed by atoms with Gasteiger partial charge in [-0.15, -0.1) is 0 Å². The second-order valence-electron chi connectivity index (χ2n) is 4.04. The van der Waals surface area contributed by atoms with E-state index >= 15 is 0 Å². The van der Waals surface area contributed by atoms with Gasteiger partial charge in [-0.1, -0.05) is 24.3 Å². The van der Waals surface area contributed by atoms with Gasteiger partial charge in [-0.3, -0.25) is 4.79 Å². The third kappa shape index (κ3) is 3.32. The van der Waals surface area contributed by atoms with Crippen molar-refractivity contribution in [2.75, 3.05) is 13.2 Å². The fraction of sp³-hybridized carbons (Fsp3) is 0.429. The van der Waals surface area contributed by atoms with Crippen LogP contribution in [0.15, 0.2) is 36.0 Å². The van der Waals surface area contributed by atoms with Crippen LogP contribution in [0.4, 0.5) is 0 Å². The molecule has 0 spiro atoms. The monoisotopic (exact) mass is 250 g/mol. The molecular formula is C14H18O4. The molecule has 1 atom stereocenters. The fourth-order valence-corrected chi connectivity index (χ4v) is 1.50. The minimum Gasteiger partial charge on any atom is -0.465 e. The Hall–Kier alpha value is -1.84. The van der Waals surface area contributed by atoms with Crippen molar-refractivity contribution in [3.05, 3.63) is 36.0 Å². The number of rotatable bonds is 4. The van der Waals surface area contributed by atoms with Crippen LogP contribution >= 0.6 is 0 Å². The van der Waals surface area contributed by atoms with Gasteiger partial charge < -0.3 is 9.47 Å². The molecule has 0 amide bonds. The molecule has 4 heteroatoms. The quantitative estimate of drug-likeness (QED) is 0.717. The second kappa shape index (κ2) is 6.19. The van der Waals surface area contributed by atoms with Crippen molar-refractivity contribution in [1.29, 1.82) is 0 Å². The molecule has 0 heterocycles. The maximum Gasteiger partial charge on any atom is 0.338 e. The Labute approximate surface area is 107 Å². The third-order valence-corrected chi connectivity index (χ3v) is 2.55. The molecule has 0 aromatic rings. The van der Waals surface area contributed by atoms with Gasteiger partial charge in [0.2, 0.25) is 0 Å². The minimum absolute atomic E-state index is 0.322. The van der Waals surface area contributed by atoms with E-state index in [1.807, 2.05) is 0 Å². The highest BCUT2D eigenvalue weighted by molar-refractivity contribution is 5.93. The van der Waals surface area contributed by atoms with E-state index in [2.05, 4.69) is 0 Å². The zero-order valence-electron chi connectivity index (χ0n) is 10.9. The Kier molecular flexibility index (Phi) is 4.89. The van der Waals surface area contributed by atoms with E-state index in [-0.39, 0.29) is 5.97 Å². The molecular weight excluding hydrogens is 232 g/mol. The van der Waals surface area contributed by atoms with E-state index in [0.29, 0.717) is 18.8 Å². The summed E-state index contributed by atoms with van der Waals surface area (Å²) in [4.78, 5) is 23.4. The molecule has 1 aliphatic carbocycles. The van der Waals surface area contributed by atoms with Gasteiger partial charge in [0.15, 0.2) is 0 Å². The lowest BCUT2D eigenvalue weighted by Gasteiger charge is -2.18. The van der Waals surface area contributed by atoms with Gasteiger partial charge in [-0.05, 0) is 26.8 Å². The summed E-state index contributed by atoms with van der Waals surface area (Å²) in [6.07, 6.45) is 8.24. The Balaban J connectivity index is 2.87. The molecule has 0 fully saturated rings. The van der Waals surface area contributed by atoms with E-state index in [9.17, 15) is 9.59 Å². The minimum atomic E-state index is -0.846. The van der Waals surface area contributed by atoms with Crippen molar-refractivity contribution >= 4 is 11.9 Å². The standard InChI is InChI=1S/C14H18O4/c1-4-17-12(15)11-7-6-9-14(3,10-8-11)13(16)18-5-2/h6-10H,4-5H2,1-3H3. The SMILES string of the molecule is CCOC(=O)C1=CC=CC(C)(C(=O)OCC)C=C1. The smallest absolute Gasteiger partial charge is 0.338 e. The number of carbonyl (C=O) groups excluding carboxylic acids is 2. The van der Waals surface area contributed by atoms with Gasteiger partial charge in [0.25, 0.3) is 0 Å². The predicted molar refractivity (Wildman–Crippen MR) is 67.7 cm³/mol. The van der Waals surface area contributed by atoms with E-state index in [1.54, 1.807) is 51.2 Å². The average Bonchev–Trinajstić information content (AvgIpc) is 2.53. The van der Waals surface area contributed by atoms with E-state index in [1.165, 1.54) is 0 Å². The van der Waals surface area contributed by atoms with E-state index in [0.717, 1.165) is 0 Å². The van der Waals surface area contributed by atoms with Crippen molar-refractivity contribution in [3.8, 4) is 0 Å². The summed E-state index contributed by atoms with van der Waals surface area (Å²) in [5.41, 5.74) is -0.429. The largest absolute Gasteiger partial charge is 0.465 e. The summed E-state index contributed by atoms with van der Waals surface area (Å²) in [5, 5.41) is 0. The van der Waals surface area contributed by atoms with Crippen molar-refractivity contribution in [2.24, 2.45) is 5.41 Å². The van der Waals surface area contributed by atoms with Crippen LogP contribution < -0.4 is 0 Å². The molecule has 98 valence electrons. The van der Waals surface area contributed by atoms with Gasteiger partial charge in [0.05, 0.1) is 18.8 Å². The first kappa shape index (κ1) is 14.2. The van der Waals surface area contributed by atoms with Crippen molar-refractivity contribution in [1.82, 2.24) is 0 Å². The third-order valence-electron chi connectivity index (χ3n) is 2.55. The molecule has 0 aromatic heterocycles. The molecule has 1 rings (SSSR count). The zero-order chi connectivity index (χ0) is 13.6. The molecule has 4 nitrogen and oxygen atoms in total. The Bertz CT molecular complexity index is 418. The van der Waals surface area contributed by atoms with Crippen LogP contribution in [0.5, 0.6) is 0 Å².